The van der Waals surface area contributed by atoms with Crippen molar-refractivity contribution < 1.29 is 4.52 Å². The number of guanidine groups is 1. The lowest BCUT2D eigenvalue weighted by Gasteiger charge is -2.36. The summed E-state index contributed by atoms with van der Waals surface area (Å²) in [5.74, 6) is 2.36. The third-order valence-corrected chi connectivity index (χ3v) is 4.78. The third kappa shape index (κ3) is 6.20. The second kappa shape index (κ2) is 10.6. The van der Waals surface area contributed by atoms with Crippen molar-refractivity contribution >= 4 is 12.0 Å². The molecular formula is C21H30N6O. The summed E-state index contributed by atoms with van der Waals surface area (Å²) < 4.78 is 5.15. The van der Waals surface area contributed by atoms with Gasteiger partial charge in [-0.1, -0.05) is 47.6 Å². The predicted molar refractivity (Wildman–Crippen MR) is 112 cm³/mol. The molecule has 0 amide bonds. The highest BCUT2D eigenvalue weighted by atomic mass is 16.5. The maximum atomic E-state index is 5.15. The highest BCUT2D eigenvalue weighted by Gasteiger charge is 2.18. The molecule has 7 heteroatoms. The fraction of sp³-hybridized carbons (Fsp3) is 0.476. The number of aliphatic imine (C=N–C) groups is 1. The van der Waals surface area contributed by atoms with E-state index in [0.717, 1.165) is 58.1 Å². The molecule has 150 valence electrons. The number of nitrogens with zero attached hydrogens (tertiary/aromatic N) is 5. The molecule has 1 N–H and O–H groups in total. The van der Waals surface area contributed by atoms with Crippen molar-refractivity contribution in [2.75, 3.05) is 46.3 Å². The zero-order valence-corrected chi connectivity index (χ0v) is 16.8. The standard InChI is InChI=1S/C21H30N6O/c1-18-24-20(28-25-18)11-6-12-23-21(22-2)27-16-14-26(15-17-27)13-7-10-19-8-4-3-5-9-19/h3-5,7-10H,6,11-17H2,1-2H3,(H,22,23). The minimum atomic E-state index is 0.690. The van der Waals surface area contributed by atoms with Gasteiger partial charge in [0.15, 0.2) is 11.8 Å². The second-order valence-corrected chi connectivity index (χ2v) is 6.91. The van der Waals surface area contributed by atoms with Crippen molar-refractivity contribution in [3.63, 3.8) is 0 Å². The molecule has 0 radical (unpaired) electrons. The minimum absolute atomic E-state index is 0.690. The summed E-state index contributed by atoms with van der Waals surface area (Å²) in [6, 6.07) is 10.4. The number of benzene rings is 1. The lowest BCUT2D eigenvalue weighted by molar-refractivity contribution is 0.194. The maximum Gasteiger partial charge on any atom is 0.226 e. The summed E-state index contributed by atoms with van der Waals surface area (Å²) in [5.41, 5.74) is 1.25. The molecule has 2 heterocycles. The average Bonchev–Trinajstić information content (AvgIpc) is 3.15. The fourth-order valence-corrected chi connectivity index (χ4v) is 3.26. The number of rotatable bonds is 7. The Morgan fingerprint density at radius 2 is 2.00 bits per heavy atom. The van der Waals surface area contributed by atoms with Gasteiger partial charge >= 0.3 is 0 Å². The van der Waals surface area contributed by atoms with Crippen molar-refractivity contribution in [1.29, 1.82) is 0 Å². The Morgan fingerprint density at radius 1 is 1.21 bits per heavy atom. The number of piperazine rings is 1. The lowest BCUT2D eigenvalue weighted by Crippen LogP contribution is -2.52. The molecule has 3 rings (SSSR count). The highest BCUT2D eigenvalue weighted by molar-refractivity contribution is 5.79. The summed E-state index contributed by atoms with van der Waals surface area (Å²) in [7, 11) is 1.85. The van der Waals surface area contributed by atoms with Crippen LogP contribution in [0.2, 0.25) is 0 Å². The summed E-state index contributed by atoms with van der Waals surface area (Å²) >= 11 is 0. The van der Waals surface area contributed by atoms with E-state index in [2.05, 4.69) is 66.7 Å². The molecule has 0 aliphatic carbocycles. The molecule has 1 aliphatic rings. The zero-order chi connectivity index (χ0) is 19.6. The molecule has 0 bridgehead atoms. The zero-order valence-electron chi connectivity index (χ0n) is 16.8. The first-order valence-corrected chi connectivity index (χ1v) is 9.93. The summed E-state index contributed by atoms with van der Waals surface area (Å²) in [6.07, 6.45) is 6.16. The van der Waals surface area contributed by atoms with E-state index in [1.54, 1.807) is 0 Å². The predicted octanol–water partition coefficient (Wildman–Crippen LogP) is 2.22. The van der Waals surface area contributed by atoms with Crippen LogP contribution < -0.4 is 5.32 Å². The topological polar surface area (TPSA) is 69.8 Å². The van der Waals surface area contributed by atoms with Gasteiger partial charge in [-0.05, 0) is 18.9 Å². The highest BCUT2D eigenvalue weighted by Crippen LogP contribution is 2.05. The van der Waals surface area contributed by atoms with Crippen LogP contribution in [-0.2, 0) is 6.42 Å². The monoisotopic (exact) mass is 382 g/mol. The molecule has 1 aliphatic heterocycles. The third-order valence-electron chi connectivity index (χ3n) is 4.78. The molecule has 28 heavy (non-hydrogen) atoms. The number of nitrogens with one attached hydrogen (secondary N) is 1. The van der Waals surface area contributed by atoms with Crippen LogP contribution in [-0.4, -0.2) is 72.2 Å². The van der Waals surface area contributed by atoms with Gasteiger partial charge in [-0.2, -0.15) is 4.98 Å². The number of aryl methyl sites for hydroxylation is 2. The number of hydrogen-bond donors (Lipinski definition) is 1. The quantitative estimate of drug-likeness (QED) is 0.450. The molecule has 0 saturated carbocycles. The molecule has 2 aromatic rings. The van der Waals surface area contributed by atoms with Crippen LogP contribution in [0.3, 0.4) is 0 Å². The molecule has 1 aromatic heterocycles. The van der Waals surface area contributed by atoms with E-state index in [0.29, 0.717) is 11.7 Å². The average molecular weight is 383 g/mol. The van der Waals surface area contributed by atoms with Crippen molar-refractivity contribution in [3.8, 4) is 0 Å². The Hall–Kier alpha value is -2.67. The van der Waals surface area contributed by atoms with Gasteiger partial charge in [0.05, 0.1) is 0 Å². The van der Waals surface area contributed by atoms with Crippen LogP contribution in [0.1, 0.15) is 23.7 Å². The second-order valence-electron chi connectivity index (χ2n) is 6.91. The van der Waals surface area contributed by atoms with Gasteiger partial charge in [-0.25, -0.2) is 0 Å². The number of aromatic nitrogens is 2. The van der Waals surface area contributed by atoms with E-state index in [1.165, 1.54) is 5.56 Å². The molecule has 0 spiro atoms. The SMILES string of the molecule is CN=C(NCCCc1nc(C)no1)N1CCN(CC=Cc2ccccc2)CC1. The molecule has 0 atom stereocenters. The van der Waals surface area contributed by atoms with Crippen molar-refractivity contribution in [2.45, 2.75) is 19.8 Å². The molecule has 1 aromatic carbocycles. The van der Waals surface area contributed by atoms with Gasteiger partial charge in [0.25, 0.3) is 0 Å². The van der Waals surface area contributed by atoms with E-state index < -0.39 is 0 Å². The van der Waals surface area contributed by atoms with Gasteiger partial charge in [0.1, 0.15) is 0 Å². The Balaban J connectivity index is 1.35. The van der Waals surface area contributed by atoms with Crippen LogP contribution in [0.5, 0.6) is 0 Å². The molecule has 1 fully saturated rings. The fourth-order valence-electron chi connectivity index (χ4n) is 3.26. The summed E-state index contributed by atoms with van der Waals surface area (Å²) in [5, 5.41) is 7.27. The smallest absolute Gasteiger partial charge is 0.226 e. The van der Waals surface area contributed by atoms with E-state index in [1.807, 2.05) is 20.0 Å². The van der Waals surface area contributed by atoms with E-state index in [-0.39, 0.29) is 0 Å². The molecule has 7 nitrogen and oxygen atoms in total. The molecule has 1 saturated heterocycles. The number of hydrogen-bond acceptors (Lipinski definition) is 5. The first kappa shape index (κ1) is 20.1. The lowest BCUT2D eigenvalue weighted by atomic mass is 10.2. The van der Waals surface area contributed by atoms with Crippen LogP contribution in [0.15, 0.2) is 45.9 Å². The summed E-state index contributed by atoms with van der Waals surface area (Å²) in [4.78, 5) is 13.5. The maximum absolute atomic E-state index is 5.15. The van der Waals surface area contributed by atoms with Crippen LogP contribution in [0.4, 0.5) is 0 Å². The Labute approximate surface area is 167 Å². The van der Waals surface area contributed by atoms with E-state index >= 15 is 0 Å². The van der Waals surface area contributed by atoms with Crippen molar-refractivity contribution in [3.05, 3.63) is 53.7 Å². The van der Waals surface area contributed by atoms with Gasteiger partial charge in [0.2, 0.25) is 5.89 Å². The van der Waals surface area contributed by atoms with Gasteiger partial charge in [-0.3, -0.25) is 9.89 Å². The Morgan fingerprint density at radius 3 is 2.68 bits per heavy atom. The normalized spacial score (nSPS) is 16.1. The van der Waals surface area contributed by atoms with Crippen LogP contribution in [0, 0.1) is 6.92 Å². The van der Waals surface area contributed by atoms with Crippen molar-refractivity contribution in [2.24, 2.45) is 4.99 Å². The first-order chi connectivity index (χ1) is 13.7. The Kier molecular flexibility index (Phi) is 7.61. The Bertz CT molecular complexity index is 762. The van der Waals surface area contributed by atoms with Gasteiger partial charge < -0.3 is 14.7 Å². The first-order valence-electron chi connectivity index (χ1n) is 9.93. The summed E-state index contributed by atoms with van der Waals surface area (Å²) in [6.45, 7) is 7.72. The van der Waals surface area contributed by atoms with Crippen LogP contribution in [0.25, 0.3) is 6.08 Å². The largest absolute Gasteiger partial charge is 0.356 e. The van der Waals surface area contributed by atoms with E-state index in [4.69, 9.17) is 4.52 Å². The minimum Gasteiger partial charge on any atom is -0.356 e. The van der Waals surface area contributed by atoms with Crippen molar-refractivity contribution in [1.82, 2.24) is 25.3 Å². The van der Waals surface area contributed by atoms with E-state index in [9.17, 15) is 0 Å². The van der Waals surface area contributed by atoms with Gasteiger partial charge in [-0.15, -0.1) is 0 Å². The van der Waals surface area contributed by atoms with Gasteiger partial charge in [0, 0.05) is 52.7 Å². The molecular weight excluding hydrogens is 352 g/mol. The molecule has 0 unspecified atom stereocenters. The van der Waals surface area contributed by atoms with Crippen LogP contribution >= 0.6 is 0 Å².